The van der Waals surface area contributed by atoms with Crippen LogP contribution in [0.5, 0.6) is 11.5 Å². The molecule has 0 atom stereocenters. The Kier molecular flexibility index (Phi) is 10.3. The van der Waals surface area contributed by atoms with E-state index in [4.69, 9.17) is 9.47 Å². The number of thiophene rings is 4. The molecule has 4 nitrogen and oxygen atoms in total. The first-order chi connectivity index (χ1) is 21.9. The minimum Gasteiger partial charge on any atom is -0.491 e. The quantitative estimate of drug-likeness (QED) is 0.148. The summed E-state index contributed by atoms with van der Waals surface area (Å²) in [6, 6.07) is 4.65. The summed E-state index contributed by atoms with van der Waals surface area (Å²) in [4.78, 5) is 19.2. The van der Waals surface area contributed by atoms with E-state index in [1.54, 1.807) is 22.7 Å². The first kappa shape index (κ1) is 35.9. The zero-order valence-electron chi connectivity index (χ0n) is 30.2. The minimum atomic E-state index is -0.106. The van der Waals surface area contributed by atoms with Crippen molar-refractivity contribution in [1.29, 1.82) is 0 Å². The lowest BCUT2D eigenvalue weighted by Crippen LogP contribution is -2.27. The lowest BCUT2D eigenvalue weighted by Gasteiger charge is -2.17. The maximum absolute atomic E-state index is 13.5. The van der Waals surface area contributed by atoms with Gasteiger partial charge < -0.3 is 14.8 Å². The number of rotatable bonds is 11. The fraction of sp³-hybridized carbons (Fsp3) is 0.513. The highest BCUT2D eigenvalue weighted by molar-refractivity contribution is 7.31. The van der Waals surface area contributed by atoms with Gasteiger partial charge in [0.1, 0.15) is 16.4 Å². The molecule has 0 unspecified atom stereocenters. The van der Waals surface area contributed by atoms with E-state index < -0.39 is 0 Å². The fourth-order valence-electron chi connectivity index (χ4n) is 5.43. The summed E-state index contributed by atoms with van der Waals surface area (Å²) < 4.78 is 16.9. The molecule has 254 valence electrons. The van der Waals surface area contributed by atoms with Gasteiger partial charge in [-0.05, 0) is 40.7 Å². The zero-order valence-corrected chi connectivity index (χ0v) is 33.4. The molecule has 8 heteroatoms. The van der Waals surface area contributed by atoms with Gasteiger partial charge in [0.25, 0.3) is 5.91 Å². The van der Waals surface area contributed by atoms with E-state index in [-0.39, 0.29) is 16.7 Å². The average molecular weight is 710 g/mol. The number of amides is 1. The van der Waals surface area contributed by atoms with Gasteiger partial charge in [-0.25, -0.2) is 0 Å². The van der Waals surface area contributed by atoms with Crippen LogP contribution in [-0.2, 0) is 10.8 Å². The summed E-state index contributed by atoms with van der Waals surface area (Å²) in [5, 5.41) is 6.56. The zero-order chi connectivity index (χ0) is 34.6. The summed E-state index contributed by atoms with van der Waals surface area (Å²) in [6.45, 7) is 32.7. The van der Waals surface area contributed by atoms with Gasteiger partial charge in [0.05, 0.1) is 32.2 Å². The summed E-state index contributed by atoms with van der Waals surface area (Å²) in [5.74, 6) is 3.06. The normalized spacial score (nSPS) is 12.8. The summed E-state index contributed by atoms with van der Waals surface area (Å²) in [6.07, 6.45) is 1.87. The Bertz CT molecular complexity index is 1870. The molecule has 5 rings (SSSR count). The maximum atomic E-state index is 13.5. The topological polar surface area (TPSA) is 47.6 Å². The van der Waals surface area contributed by atoms with E-state index in [0.717, 1.165) is 52.2 Å². The lowest BCUT2D eigenvalue weighted by molar-refractivity contribution is 0.0953. The first-order valence-corrected chi connectivity index (χ1v) is 20.0. The Morgan fingerprint density at radius 2 is 1.36 bits per heavy atom. The molecule has 0 aliphatic rings. The smallest absolute Gasteiger partial charge is 0.262 e. The molecule has 0 aliphatic heterocycles. The molecule has 0 spiro atoms. The fourth-order valence-corrected chi connectivity index (χ4v) is 10.8. The van der Waals surface area contributed by atoms with Crippen molar-refractivity contribution < 1.29 is 14.3 Å². The Balaban J connectivity index is 1.82. The van der Waals surface area contributed by atoms with E-state index in [1.165, 1.54) is 19.5 Å². The van der Waals surface area contributed by atoms with Crippen LogP contribution in [0.25, 0.3) is 46.1 Å². The number of carbonyl (C=O) groups excluding carboxylic acids is 1. The molecule has 1 N–H and O–H groups in total. The average Bonchev–Trinajstić information content (AvgIpc) is 3.73. The van der Waals surface area contributed by atoms with Gasteiger partial charge in [-0.2, -0.15) is 0 Å². The molecule has 5 aromatic rings. The molecule has 0 fully saturated rings. The van der Waals surface area contributed by atoms with Crippen molar-refractivity contribution in [3.63, 3.8) is 0 Å². The molecule has 0 saturated heterocycles. The number of fused-ring (bicyclic) bond motifs is 3. The molecule has 0 bridgehead atoms. The second-order valence-corrected chi connectivity index (χ2v) is 20.0. The second-order valence-electron chi connectivity index (χ2n) is 15.9. The Morgan fingerprint density at radius 3 is 1.87 bits per heavy atom. The number of hydrogen-bond acceptors (Lipinski definition) is 7. The third kappa shape index (κ3) is 7.17. The van der Waals surface area contributed by atoms with Crippen molar-refractivity contribution in [3.05, 3.63) is 38.9 Å². The largest absolute Gasteiger partial charge is 0.491 e. The predicted molar refractivity (Wildman–Crippen MR) is 211 cm³/mol. The summed E-state index contributed by atoms with van der Waals surface area (Å²) in [5.41, 5.74) is 0.850. The van der Waals surface area contributed by atoms with Gasteiger partial charge in [0, 0.05) is 42.9 Å². The molecule has 4 aromatic heterocycles. The van der Waals surface area contributed by atoms with Crippen LogP contribution in [-0.4, -0.2) is 25.7 Å². The van der Waals surface area contributed by atoms with Crippen molar-refractivity contribution in [2.24, 2.45) is 17.8 Å². The van der Waals surface area contributed by atoms with Crippen LogP contribution in [0.1, 0.15) is 108 Å². The molecule has 0 saturated carbocycles. The van der Waals surface area contributed by atoms with Crippen LogP contribution in [0.2, 0.25) is 0 Å². The molecule has 47 heavy (non-hydrogen) atoms. The van der Waals surface area contributed by atoms with Gasteiger partial charge in [-0.1, -0.05) is 95.7 Å². The van der Waals surface area contributed by atoms with Crippen molar-refractivity contribution in [2.75, 3.05) is 19.8 Å². The third-order valence-corrected chi connectivity index (χ3v) is 13.6. The van der Waals surface area contributed by atoms with Gasteiger partial charge in [-0.3, -0.25) is 4.79 Å². The first-order valence-electron chi connectivity index (χ1n) is 16.7. The van der Waals surface area contributed by atoms with Gasteiger partial charge in [-0.15, -0.1) is 45.3 Å². The van der Waals surface area contributed by atoms with Gasteiger partial charge in [0.15, 0.2) is 0 Å². The van der Waals surface area contributed by atoms with Crippen LogP contribution >= 0.6 is 45.3 Å². The van der Waals surface area contributed by atoms with Crippen LogP contribution in [0.4, 0.5) is 0 Å². The van der Waals surface area contributed by atoms with E-state index in [9.17, 15) is 4.79 Å². The van der Waals surface area contributed by atoms with Crippen molar-refractivity contribution in [1.82, 2.24) is 5.32 Å². The maximum Gasteiger partial charge on any atom is 0.262 e. The van der Waals surface area contributed by atoms with E-state index in [0.29, 0.717) is 37.5 Å². The van der Waals surface area contributed by atoms with Crippen molar-refractivity contribution >= 4 is 87.6 Å². The standard InChI is InChI=1S/C39H51NO3S4/c1-14-23-28-35(46-33(23)37(41)40-17-20(2)3)34(47-36(28)39(11,12)13)26-15-24-29(42-18-21(4)5)32-25(16-27(45-32)38(8,9)10)30(31(24)44-26)43-19-22(6)7/h14-16,20-22H,1,17-19H2,2-13H3,(H,40,41). The van der Waals surface area contributed by atoms with E-state index >= 15 is 0 Å². The Labute approximate surface area is 297 Å². The summed E-state index contributed by atoms with van der Waals surface area (Å²) >= 11 is 7.05. The molecular weight excluding hydrogens is 659 g/mol. The number of carbonyl (C=O) groups is 1. The number of benzene rings is 1. The molecule has 4 heterocycles. The minimum absolute atomic E-state index is 0.0139. The summed E-state index contributed by atoms with van der Waals surface area (Å²) in [7, 11) is 0. The molecule has 1 amide bonds. The molecule has 0 aliphatic carbocycles. The van der Waals surface area contributed by atoms with Crippen molar-refractivity contribution in [3.8, 4) is 21.3 Å². The molecule has 1 aromatic carbocycles. The van der Waals surface area contributed by atoms with E-state index in [1.807, 2.05) is 28.7 Å². The highest BCUT2D eigenvalue weighted by Crippen LogP contribution is 2.56. The van der Waals surface area contributed by atoms with Crippen LogP contribution in [0.15, 0.2) is 18.7 Å². The Hall–Kier alpha value is -2.39. The predicted octanol–water partition coefficient (Wildman–Crippen LogP) is 12.8. The van der Waals surface area contributed by atoms with Crippen LogP contribution < -0.4 is 14.8 Å². The monoisotopic (exact) mass is 709 g/mol. The van der Waals surface area contributed by atoms with Crippen molar-refractivity contribution in [2.45, 2.75) is 93.9 Å². The second kappa shape index (κ2) is 13.5. The number of ether oxygens (including phenoxy) is 2. The highest BCUT2D eigenvalue weighted by Gasteiger charge is 2.31. The number of hydrogen-bond donors (Lipinski definition) is 1. The number of nitrogens with one attached hydrogen (secondary N) is 1. The Morgan fingerprint density at radius 1 is 0.787 bits per heavy atom. The highest BCUT2D eigenvalue weighted by atomic mass is 32.1. The lowest BCUT2D eigenvalue weighted by atomic mass is 9.91. The van der Waals surface area contributed by atoms with Crippen LogP contribution in [0, 0.1) is 17.8 Å². The molecular formula is C39H51NO3S4. The SMILES string of the molecule is C=Cc1c(C(=O)NCC(C)C)sc2c(-c3cc4c(OCC(C)C)c5sc(C(C)(C)C)cc5c(OCC(C)C)c4s3)sc(C(C)(C)C)c12. The molecule has 0 radical (unpaired) electrons. The van der Waals surface area contributed by atoms with Crippen LogP contribution in [0.3, 0.4) is 0 Å². The van der Waals surface area contributed by atoms with E-state index in [2.05, 4.69) is 107 Å². The van der Waals surface area contributed by atoms with Gasteiger partial charge >= 0.3 is 0 Å². The third-order valence-electron chi connectivity index (χ3n) is 7.80. The van der Waals surface area contributed by atoms with Gasteiger partial charge in [0.2, 0.25) is 0 Å².